The lowest BCUT2D eigenvalue weighted by Gasteiger charge is -2.24. The number of amides is 1. The van der Waals surface area contributed by atoms with Gasteiger partial charge in [-0.05, 0) is 38.0 Å². The number of nitrogens with two attached hydrogens (primary N) is 1. The van der Waals surface area contributed by atoms with Crippen molar-refractivity contribution in [3.05, 3.63) is 50.2 Å². The molecule has 0 saturated heterocycles. The van der Waals surface area contributed by atoms with Gasteiger partial charge in [-0.25, -0.2) is 13.2 Å². The summed E-state index contributed by atoms with van der Waals surface area (Å²) in [5.41, 5.74) is 5.26. The van der Waals surface area contributed by atoms with Crippen molar-refractivity contribution in [1.29, 1.82) is 0 Å². The molecule has 9 nitrogen and oxygen atoms in total. The van der Waals surface area contributed by atoms with E-state index in [0.717, 1.165) is 17.6 Å². The van der Waals surface area contributed by atoms with Crippen LogP contribution in [0.15, 0.2) is 32.7 Å². The molecule has 1 amide bonds. The average Bonchev–Trinajstić information content (AvgIpc) is 2.63. The number of nitrogens with zero attached hydrogens (tertiary/aromatic N) is 2. The molecule has 158 valence electrons. The molecule has 0 fully saturated rings. The molecule has 0 aliphatic heterocycles. The van der Waals surface area contributed by atoms with Crippen LogP contribution in [0.25, 0.3) is 0 Å². The van der Waals surface area contributed by atoms with Gasteiger partial charge in [0.05, 0.1) is 4.90 Å². The van der Waals surface area contributed by atoms with Gasteiger partial charge in [-0.1, -0.05) is 19.4 Å². The van der Waals surface area contributed by atoms with Crippen molar-refractivity contribution >= 4 is 27.2 Å². The standard InChI is InChI=1S/C19H26N4O5S/c1-5-7-10-23-16(20)15(17(24)21-19(23)26)22(6-2)18(25)14-11-13(29(4,27)28)9-8-12(14)3/h8-9,11H,5-7,10,20H2,1-4H3,(H,21,24,26). The van der Waals surface area contributed by atoms with Crippen LogP contribution in [0.5, 0.6) is 0 Å². The SMILES string of the molecule is CCCCn1c(N)c(N(CC)C(=O)c2cc(S(C)(=O)=O)ccc2C)c(=O)[nH]c1=O. The highest BCUT2D eigenvalue weighted by Gasteiger charge is 2.25. The monoisotopic (exact) mass is 422 g/mol. The molecule has 2 rings (SSSR count). The minimum Gasteiger partial charge on any atom is -0.383 e. The van der Waals surface area contributed by atoms with Crippen LogP contribution >= 0.6 is 0 Å². The van der Waals surface area contributed by atoms with E-state index < -0.39 is 27.0 Å². The van der Waals surface area contributed by atoms with E-state index in [2.05, 4.69) is 4.98 Å². The van der Waals surface area contributed by atoms with Crippen LogP contribution in [0.3, 0.4) is 0 Å². The minimum absolute atomic E-state index is 0.00250. The molecule has 0 saturated carbocycles. The lowest BCUT2D eigenvalue weighted by molar-refractivity contribution is 0.0987. The third-order valence-corrected chi connectivity index (χ3v) is 5.76. The van der Waals surface area contributed by atoms with Gasteiger partial charge in [0.25, 0.3) is 11.5 Å². The van der Waals surface area contributed by atoms with Crippen molar-refractivity contribution in [3.8, 4) is 0 Å². The summed E-state index contributed by atoms with van der Waals surface area (Å²) >= 11 is 0. The molecule has 0 bridgehead atoms. The van der Waals surface area contributed by atoms with Crippen LogP contribution in [0.4, 0.5) is 11.5 Å². The first-order chi connectivity index (χ1) is 13.5. The number of rotatable bonds is 7. The van der Waals surface area contributed by atoms with Gasteiger partial charge in [-0.15, -0.1) is 0 Å². The zero-order valence-electron chi connectivity index (χ0n) is 17.0. The highest BCUT2D eigenvalue weighted by Crippen LogP contribution is 2.23. The van der Waals surface area contributed by atoms with Gasteiger partial charge in [0.2, 0.25) is 0 Å². The predicted octanol–water partition coefficient (Wildman–Crippen LogP) is 1.30. The van der Waals surface area contributed by atoms with Crippen molar-refractivity contribution in [2.24, 2.45) is 0 Å². The molecule has 0 aliphatic carbocycles. The number of H-pyrrole nitrogens is 1. The topological polar surface area (TPSA) is 135 Å². The minimum atomic E-state index is -3.52. The number of hydrogen-bond donors (Lipinski definition) is 2. The van der Waals surface area contributed by atoms with E-state index in [4.69, 9.17) is 5.73 Å². The van der Waals surface area contributed by atoms with Crippen LogP contribution in [-0.4, -0.2) is 36.7 Å². The van der Waals surface area contributed by atoms with Crippen molar-refractivity contribution in [3.63, 3.8) is 0 Å². The van der Waals surface area contributed by atoms with Gasteiger partial charge in [0.15, 0.2) is 15.5 Å². The maximum Gasteiger partial charge on any atom is 0.330 e. The summed E-state index contributed by atoms with van der Waals surface area (Å²) < 4.78 is 25.0. The van der Waals surface area contributed by atoms with Gasteiger partial charge < -0.3 is 10.6 Å². The Kier molecular flexibility index (Phi) is 6.68. The molecular formula is C19H26N4O5S. The fraction of sp³-hybridized carbons (Fsp3) is 0.421. The Morgan fingerprint density at radius 1 is 1.24 bits per heavy atom. The predicted molar refractivity (Wildman–Crippen MR) is 112 cm³/mol. The zero-order chi connectivity index (χ0) is 21.9. The van der Waals surface area contributed by atoms with Crippen LogP contribution in [0, 0.1) is 6.92 Å². The molecule has 29 heavy (non-hydrogen) atoms. The molecular weight excluding hydrogens is 396 g/mol. The molecule has 2 aromatic rings. The molecule has 0 unspecified atom stereocenters. The number of hydrogen-bond acceptors (Lipinski definition) is 6. The first-order valence-electron chi connectivity index (χ1n) is 9.28. The van der Waals surface area contributed by atoms with Gasteiger partial charge in [0, 0.05) is 24.9 Å². The number of benzene rings is 1. The molecule has 0 atom stereocenters. The fourth-order valence-electron chi connectivity index (χ4n) is 2.99. The molecule has 3 N–H and O–H groups in total. The van der Waals surface area contributed by atoms with E-state index in [9.17, 15) is 22.8 Å². The molecule has 0 radical (unpaired) electrons. The Labute approximate surface area is 169 Å². The number of carbonyl (C=O) groups is 1. The Bertz CT molecular complexity index is 1150. The number of sulfone groups is 1. The number of aryl methyl sites for hydroxylation is 1. The first-order valence-corrected chi connectivity index (χ1v) is 11.2. The van der Waals surface area contributed by atoms with Gasteiger partial charge in [-0.2, -0.15) is 0 Å². The summed E-state index contributed by atoms with van der Waals surface area (Å²) in [6.07, 6.45) is 2.54. The van der Waals surface area contributed by atoms with Gasteiger partial charge in [-0.3, -0.25) is 19.1 Å². The Morgan fingerprint density at radius 2 is 1.90 bits per heavy atom. The van der Waals surface area contributed by atoms with Crippen LogP contribution in [0.2, 0.25) is 0 Å². The van der Waals surface area contributed by atoms with Crippen molar-refractivity contribution in [2.75, 3.05) is 23.4 Å². The molecule has 1 aromatic carbocycles. The number of aromatic nitrogens is 2. The van der Waals surface area contributed by atoms with Gasteiger partial charge >= 0.3 is 5.69 Å². The molecule has 1 heterocycles. The number of nitrogen functional groups attached to an aromatic ring is 1. The van der Waals surface area contributed by atoms with Crippen molar-refractivity contribution in [1.82, 2.24) is 9.55 Å². The third kappa shape index (κ3) is 4.58. The number of nitrogens with one attached hydrogen (secondary N) is 1. The second kappa shape index (κ2) is 8.64. The summed E-state index contributed by atoms with van der Waals surface area (Å²) in [6.45, 7) is 5.68. The van der Waals surface area contributed by atoms with Gasteiger partial charge in [0.1, 0.15) is 5.82 Å². The van der Waals surface area contributed by atoms with E-state index in [-0.39, 0.29) is 28.5 Å². The highest BCUT2D eigenvalue weighted by molar-refractivity contribution is 7.90. The summed E-state index contributed by atoms with van der Waals surface area (Å²) in [5.74, 6) is -0.673. The van der Waals surface area contributed by atoms with E-state index >= 15 is 0 Å². The molecule has 0 spiro atoms. The van der Waals surface area contributed by atoms with E-state index in [1.807, 2.05) is 6.92 Å². The Hall–Kier alpha value is -2.88. The van der Waals surface area contributed by atoms with Crippen LogP contribution in [-0.2, 0) is 16.4 Å². The van der Waals surface area contributed by atoms with Crippen molar-refractivity contribution < 1.29 is 13.2 Å². The van der Waals surface area contributed by atoms with E-state index in [0.29, 0.717) is 18.5 Å². The molecule has 1 aromatic heterocycles. The number of aromatic amines is 1. The van der Waals surface area contributed by atoms with Crippen molar-refractivity contribution in [2.45, 2.75) is 45.1 Å². The lowest BCUT2D eigenvalue weighted by Crippen LogP contribution is -2.41. The highest BCUT2D eigenvalue weighted by atomic mass is 32.2. The average molecular weight is 423 g/mol. The van der Waals surface area contributed by atoms with Crippen LogP contribution < -0.4 is 21.9 Å². The van der Waals surface area contributed by atoms with E-state index in [1.54, 1.807) is 13.8 Å². The maximum atomic E-state index is 13.2. The van der Waals surface area contributed by atoms with Crippen LogP contribution in [0.1, 0.15) is 42.6 Å². The summed E-state index contributed by atoms with van der Waals surface area (Å²) in [5, 5.41) is 0. The zero-order valence-corrected chi connectivity index (χ0v) is 17.8. The smallest absolute Gasteiger partial charge is 0.330 e. The third-order valence-electron chi connectivity index (χ3n) is 4.65. The Balaban J connectivity index is 2.65. The summed E-state index contributed by atoms with van der Waals surface area (Å²) in [7, 11) is -3.52. The number of unbranched alkanes of at least 4 members (excludes halogenated alkanes) is 1. The summed E-state index contributed by atoms with van der Waals surface area (Å²) in [4.78, 5) is 41.2. The largest absolute Gasteiger partial charge is 0.383 e. The second-order valence-electron chi connectivity index (χ2n) is 6.80. The Morgan fingerprint density at radius 3 is 2.45 bits per heavy atom. The summed E-state index contributed by atoms with van der Waals surface area (Å²) in [6, 6.07) is 4.24. The fourth-order valence-corrected chi connectivity index (χ4v) is 3.63. The normalized spacial score (nSPS) is 11.4. The second-order valence-corrected chi connectivity index (χ2v) is 8.81. The molecule has 10 heteroatoms. The number of anilines is 2. The van der Waals surface area contributed by atoms with E-state index in [1.165, 1.54) is 22.8 Å². The lowest BCUT2D eigenvalue weighted by atomic mass is 10.1. The first kappa shape index (κ1) is 22.4. The quantitative estimate of drug-likeness (QED) is 0.690. The molecule has 0 aliphatic rings. The maximum absolute atomic E-state index is 13.2. The number of carbonyl (C=O) groups excluding carboxylic acids is 1.